The Morgan fingerprint density at radius 1 is 1.00 bits per heavy atom. The average Bonchev–Trinajstić information content (AvgIpc) is 2.67. The fraction of sp³-hybridized carbons (Fsp3) is 0.318. The smallest absolute Gasteiger partial charge is 0.135 e. The van der Waals surface area contributed by atoms with Gasteiger partial charge in [-0.15, -0.1) is 0 Å². The van der Waals surface area contributed by atoms with Crippen LogP contribution in [0.15, 0.2) is 61.2 Å². The van der Waals surface area contributed by atoms with Crippen molar-refractivity contribution >= 4 is 17.3 Å². The summed E-state index contributed by atoms with van der Waals surface area (Å²) in [5.41, 5.74) is 3.66. The van der Waals surface area contributed by atoms with Gasteiger partial charge in [-0.2, -0.15) is 0 Å². The molecule has 2 aromatic heterocycles. The summed E-state index contributed by atoms with van der Waals surface area (Å²) in [5, 5.41) is 3.46. The van der Waals surface area contributed by atoms with Crippen molar-refractivity contribution in [2.45, 2.75) is 32.6 Å². The van der Waals surface area contributed by atoms with E-state index in [1.807, 2.05) is 36.7 Å². The maximum Gasteiger partial charge on any atom is 0.135 e. The minimum Gasteiger partial charge on any atom is -0.359 e. The van der Waals surface area contributed by atoms with E-state index in [0.717, 1.165) is 30.3 Å². The highest BCUT2D eigenvalue weighted by Crippen LogP contribution is 2.31. The number of pyridine rings is 1. The molecule has 0 fully saturated rings. The number of para-hydroxylation sites is 1. The molecule has 3 rings (SSSR count). The predicted octanol–water partition coefficient (Wildman–Crippen LogP) is 4.59. The molecule has 27 heavy (non-hydrogen) atoms. The first-order valence-electron chi connectivity index (χ1n) is 9.22. The number of hydrogen-bond acceptors (Lipinski definition) is 5. The third kappa shape index (κ3) is 5.03. The first-order chi connectivity index (χ1) is 12.9. The quantitative estimate of drug-likeness (QED) is 0.696. The third-order valence-electron chi connectivity index (χ3n) is 4.53. The zero-order valence-electron chi connectivity index (χ0n) is 16.5. The van der Waals surface area contributed by atoms with Gasteiger partial charge in [-0.1, -0.05) is 39.0 Å². The second-order valence-electron chi connectivity index (χ2n) is 7.71. The van der Waals surface area contributed by atoms with Gasteiger partial charge in [0, 0.05) is 37.7 Å². The van der Waals surface area contributed by atoms with Crippen LogP contribution in [-0.2, 0) is 11.8 Å². The lowest BCUT2D eigenvalue weighted by atomic mass is 9.86. The van der Waals surface area contributed by atoms with Gasteiger partial charge in [0.2, 0.25) is 0 Å². The molecule has 0 aliphatic rings. The number of nitrogens with one attached hydrogen (secondary N) is 1. The minimum absolute atomic E-state index is 0.0563. The lowest BCUT2D eigenvalue weighted by Crippen LogP contribution is -2.21. The summed E-state index contributed by atoms with van der Waals surface area (Å²) in [6, 6.07) is 14.5. The molecule has 0 saturated heterocycles. The van der Waals surface area contributed by atoms with Gasteiger partial charge in [-0.05, 0) is 41.2 Å². The van der Waals surface area contributed by atoms with Crippen LogP contribution < -0.4 is 10.2 Å². The molecule has 1 aromatic carbocycles. The summed E-state index contributed by atoms with van der Waals surface area (Å²) in [6.45, 7) is 7.52. The van der Waals surface area contributed by atoms with Gasteiger partial charge >= 0.3 is 0 Å². The molecular formula is C22H27N5. The van der Waals surface area contributed by atoms with Gasteiger partial charge in [-0.25, -0.2) is 9.97 Å². The Kier molecular flexibility index (Phi) is 5.69. The van der Waals surface area contributed by atoms with Crippen LogP contribution >= 0.6 is 0 Å². The fourth-order valence-corrected chi connectivity index (χ4v) is 2.97. The zero-order chi connectivity index (χ0) is 19.3. The van der Waals surface area contributed by atoms with E-state index in [1.54, 1.807) is 6.33 Å². The van der Waals surface area contributed by atoms with E-state index in [0.29, 0.717) is 0 Å². The lowest BCUT2D eigenvalue weighted by molar-refractivity contribution is 0.592. The number of hydrogen-bond donors (Lipinski definition) is 1. The Labute approximate surface area is 161 Å². The zero-order valence-corrected chi connectivity index (χ0v) is 16.5. The van der Waals surface area contributed by atoms with Crippen LogP contribution in [0.2, 0.25) is 0 Å². The van der Waals surface area contributed by atoms with Gasteiger partial charge in [-0.3, -0.25) is 4.98 Å². The molecule has 0 spiro atoms. The summed E-state index contributed by atoms with van der Waals surface area (Å²) in [4.78, 5) is 15.0. The van der Waals surface area contributed by atoms with E-state index in [9.17, 15) is 0 Å². The van der Waals surface area contributed by atoms with Gasteiger partial charge in [0.25, 0.3) is 0 Å². The first kappa shape index (κ1) is 18.8. The molecule has 0 saturated carbocycles. The van der Waals surface area contributed by atoms with Crippen molar-refractivity contribution in [3.63, 3.8) is 0 Å². The lowest BCUT2D eigenvalue weighted by Gasteiger charge is -2.23. The number of aromatic nitrogens is 3. The minimum atomic E-state index is 0.0563. The molecule has 0 aliphatic heterocycles. The number of anilines is 3. The largest absolute Gasteiger partial charge is 0.359 e. The third-order valence-corrected chi connectivity index (χ3v) is 4.53. The van der Waals surface area contributed by atoms with Crippen molar-refractivity contribution in [2.75, 3.05) is 23.8 Å². The first-order valence-corrected chi connectivity index (χ1v) is 9.22. The van der Waals surface area contributed by atoms with Crippen molar-refractivity contribution in [3.05, 3.63) is 72.3 Å². The highest BCUT2D eigenvalue weighted by atomic mass is 15.2. The van der Waals surface area contributed by atoms with Crippen molar-refractivity contribution in [1.82, 2.24) is 15.0 Å². The molecule has 0 amide bonds. The fourth-order valence-electron chi connectivity index (χ4n) is 2.97. The molecular weight excluding hydrogens is 334 g/mol. The highest BCUT2D eigenvalue weighted by Gasteiger charge is 2.17. The van der Waals surface area contributed by atoms with Crippen molar-refractivity contribution in [1.29, 1.82) is 0 Å². The SMILES string of the molecule is CN(CCc1ccncc1)c1cc(Nc2ccccc2C(C)(C)C)ncn1. The van der Waals surface area contributed by atoms with Crippen LogP contribution in [0.25, 0.3) is 0 Å². The van der Waals surface area contributed by atoms with Crippen LogP contribution in [0.3, 0.4) is 0 Å². The Bertz CT molecular complexity index is 871. The summed E-state index contributed by atoms with van der Waals surface area (Å²) in [7, 11) is 2.05. The Morgan fingerprint density at radius 2 is 1.74 bits per heavy atom. The van der Waals surface area contributed by atoms with Crippen LogP contribution in [0.1, 0.15) is 31.9 Å². The molecule has 2 heterocycles. The Balaban J connectivity index is 1.72. The standard InChI is InChI=1S/C22H27N5/c1-22(2,3)18-7-5-6-8-19(18)26-20-15-21(25-16-24-20)27(4)14-11-17-9-12-23-13-10-17/h5-10,12-13,15-16H,11,14H2,1-4H3,(H,24,25,26). The van der Waals surface area contributed by atoms with Crippen LogP contribution in [-0.4, -0.2) is 28.5 Å². The predicted molar refractivity (Wildman–Crippen MR) is 112 cm³/mol. The summed E-state index contributed by atoms with van der Waals surface area (Å²) in [5.74, 6) is 1.70. The van der Waals surface area contributed by atoms with E-state index in [2.05, 4.69) is 71.2 Å². The van der Waals surface area contributed by atoms with Crippen molar-refractivity contribution in [2.24, 2.45) is 0 Å². The van der Waals surface area contributed by atoms with Gasteiger partial charge in [0.15, 0.2) is 0 Å². The molecule has 0 aliphatic carbocycles. The summed E-state index contributed by atoms with van der Waals surface area (Å²) >= 11 is 0. The average molecular weight is 361 g/mol. The molecule has 1 N–H and O–H groups in total. The molecule has 0 radical (unpaired) electrons. The number of nitrogens with zero attached hydrogens (tertiary/aromatic N) is 4. The van der Waals surface area contributed by atoms with Crippen LogP contribution in [0, 0.1) is 0 Å². The Morgan fingerprint density at radius 3 is 2.48 bits per heavy atom. The van der Waals surface area contributed by atoms with E-state index in [4.69, 9.17) is 0 Å². The van der Waals surface area contributed by atoms with Crippen molar-refractivity contribution in [3.8, 4) is 0 Å². The van der Waals surface area contributed by atoms with Gasteiger partial charge in [0.05, 0.1) is 0 Å². The molecule has 0 atom stereocenters. The monoisotopic (exact) mass is 361 g/mol. The summed E-state index contributed by atoms with van der Waals surface area (Å²) < 4.78 is 0. The molecule has 3 aromatic rings. The molecule has 0 bridgehead atoms. The van der Waals surface area contributed by atoms with Gasteiger partial charge < -0.3 is 10.2 Å². The van der Waals surface area contributed by atoms with Crippen LogP contribution in [0.4, 0.5) is 17.3 Å². The van der Waals surface area contributed by atoms with E-state index in [1.165, 1.54) is 11.1 Å². The normalized spacial score (nSPS) is 11.3. The maximum absolute atomic E-state index is 4.43. The number of benzene rings is 1. The van der Waals surface area contributed by atoms with Gasteiger partial charge in [0.1, 0.15) is 18.0 Å². The van der Waals surface area contributed by atoms with E-state index in [-0.39, 0.29) is 5.41 Å². The maximum atomic E-state index is 4.43. The Hall–Kier alpha value is -2.95. The van der Waals surface area contributed by atoms with Crippen LogP contribution in [0.5, 0.6) is 0 Å². The molecule has 5 heteroatoms. The van der Waals surface area contributed by atoms with Crippen molar-refractivity contribution < 1.29 is 0 Å². The second-order valence-corrected chi connectivity index (χ2v) is 7.71. The molecule has 5 nitrogen and oxygen atoms in total. The van der Waals surface area contributed by atoms with E-state index >= 15 is 0 Å². The highest BCUT2D eigenvalue weighted by molar-refractivity contribution is 5.64. The second kappa shape index (κ2) is 8.16. The number of rotatable bonds is 6. The topological polar surface area (TPSA) is 53.9 Å². The molecule has 140 valence electrons. The summed E-state index contributed by atoms with van der Waals surface area (Å²) in [6.07, 6.45) is 6.21. The van der Waals surface area contributed by atoms with E-state index < -0.39 is 0 Å². The molecule has 0 unspecified atom stereocenters. The number of likely N-dealkylation sites (N-methyl/N-ethyl adjacent to an activating group) is 1.